The van der Waals surface area contributed by atoms with E-state index in [4.69, 9.17) is 14.5 Å². The second-order valence-electron chi connectivity index (χ2n) is 9.77. The number of methoxy groups -OCH3 is 1. The molecule has 1 aromatic heterocycles. The maximum Gasteiger partial charge on any atom is 0.251 e. The van der Waals surface area contributed by atoms with Crippen molar-refractivity contribution in [3.63, 3.8) is 0 Å². The van der Waals surface area contributed by atoms with E-state index in [2.05, 4.69) is 54.1 Å². The van der Waals surface area contributed by atoms with Crippen molar-refractivity contribution in [2.45, 2.75) is 58.9 Å². The zero-order chi connectivity index (χ0) is 26.7. The minimum atomic E-state index is -0.0628. The van der Waals surface area contributed by atoms with Crippen LogP contribution in [0.15, 0.2) is 66.7 Å². The molecular weight excluding hydrogens is 474 g/mol. The van der Waals surface area contributed by atoms with Crippen LogP contribution in [-0.4, -0.2) is 35.7 Å². The number of rotatable bonds is 14. The lowest BCUT2D eigenvalue weighted by Crippen LogP contribution is -2.24. The van der Waals surface area contributed by atoms with Crippen molar-refractivity contribution in [3.8, 4) is 11.5 Å². The third-order valence-corrected chi connectivity index (χ3v) is 6.95. The van der Waals surface area contributed by atoms with E-state index in [1.54, 1.807) is 19.2 Å². The molecule has 1 amide bonds. The van der Waals surface area contributed by atoms with Crippen LogP contribution in [0.2, 0.25) is 0 Å². The first-order valence-corrected chi connectivity index (χ1v) is 13.6. The van der Waals surface area contributed by atoms with E-state index < -0.39 is 0 Å². The van der Waals surface area contributed by atoms with E-state index in [1.165, 1.54) is 16.6 Å². The first-order valence-electron chi connectivity index (χ1n) is 13.6. The second-order valence-corrected chi connectivity index (χ2v) is 9.77. The Hall–Kier alpha value is -3.80. The fourth-order valence-corrected chi connectivity index (χ4v) is 4.58. The third-order valence-electron chi connectivity index (χ3n) is 6.95. The molecule has 200 valence electrons. The topological polar surface area (TPSA) is 65.4 Å². The fourth-order valence-electron chi connectivity index (χ4n) is 4.58. The molecule has 4 aromatic rings. The molecule has 1 N–H and O–H groups in total. The fraction of sp³-hybridized carbons (Fsp3) is 0.375. The summed E-state index contributed by atoms with van der Waals surface area (Å²) in [4.78, 5) is 17.3. The Kier molecular flexibility index (Phi) is 9.79. The van der Waals surface area contributed by atoms with Crippen LogP contribution in [0, 0.1) is 13.8 Å². The molecule has 0 unspecified atom stereocenters. The molecule has 0 saturated heterocycles. The summed E-state index contributed by atoms with van der Waals surface area (Å²) in [5.74, 6) is 2.71. The van der Waals surface area contributed by atoms with Gasteiger partial charge in [0, 0.05) is 25.1 Å². The minimum Gasteiger partial charge on any atom is -0.497 e. The molecule has 4 rings (SSSR count). The summed E-state index contributed by atoms with van der Waals surface area (Å²) in [5, 5.41) is 3.01. The van der Waals surface area contributed by atoms with E-state index in [9.17, 15) is 4.79 Å². The third kappa shape index (κ3) is 7.37. The number of amides is 1. The number of carbonyl (C=O) groups excluding carboxylic acids is 1. The highest BCUT2D eigenvalue weighted by molar-refractivity contribution is 5.94. The summed E-state index contributed by atoms with van der Waals surface area (Å²) < 4.78 is 13.6. The Morgan fingerprint density at radius 1 is 0.868 bits per heavy atom. The number of unbranched alkanes of at least 4 members (excludes halogenated alkanes) is 3. The lowest BCUT2D eigenvalue weighted by molar-refractivity contribution is 0.0952. The Bertz CT molecular complexity index is 1350. The van der Waals surface area contributed by atoms with Gasteiger partial charge in [-0.05, 0) is 93.1 Å². The average molecular weight is 514 g/mol. The highest BCUT2D eigenvalue weighted by atomic mass is 16.5. The molecule has 0 aliphatic rings. The Balaban J connectivity index is 1.22. The Morgan fingerprint density at radius 2 is 1.74 bits per heavy atom. The molecule has 1 heterocycles. The van der Waals surface area contributed by atoms with Gasteiger partial charge in [0.15, 0.2) is 0 Å². The molecule has 0 fully saturated rings. The normalized spacial score (nSPS) is 11.0. The van der Waals surface area contributed by atoms with Crippen molar-refractivity contribution in [1.82, 2.24) is 14.9 Å². The molecule has 38 heavy (non-hydrogen) atoms. The Labute approximate surface area is 226 Å². The Morgan fingerprint density at radius 3 is 2.58 bits per heavy atom. The quantitative estimate of drug-likeness (QED) is 0.191. The molecule has 3 aromatic carbocycles. The van der Waals surface area contributed by atoms with Gasteiger partial charge in [0.05, 0.1) is 24.8 Å². The molecule has 6 nitrogen and oxygen atoms in total. The van der Waals surface area contributed by atoms with Crippen LogP contribution in [0.1, 0.15) is 59.4 Å². The van der Waals surface area contributed by atoms with Crippen LogP contribution < -0.4 is 14.8 Å². The van der Waals surface area contributed by atoms with Gasteiger partial charge in [0.2, 0.25) is 0 Å². The number of fused-ring (bicyclic) bond motifs is 1. The van der Waals surface area contributed by atoms with E-state index in [0.717, 1.165) is 62.2 Å². The van der Waals surface area contributed by atoms with E-state index in [1.807, 2.05) is 24.3 Å². The molecular formula is C32H39N3O3. The van der Waals surface area contributed by atoms with Gasteiger partial charge in [-0.3, -0.25) is 4.79 Å². The number of carbonyl (C=O) groups is 1. The van der Waals surface area contributed by atoms with Gasteiger partial charge in [0.25, 0.3) is 5.91 Å². The van der Waals surface area contributed by atoms with E-state index >= 15 is 0 Å². The maximum atomic E-state index is 12.4. The summed E-state index contributed by atoms with van der Waals surface area (Å²) in [6.07, 6.45) is 5.96. The van der Waals surface area contributed by atoms with Crippen LogP contribution >= 0.6 is 0 Å². The number of hydrogen-bond acceptors (Lipinski definition) is 4. The molecule has 0 aliphatic heterocycles. The molecule has 0 saturated carbocycles. The van der Waals surface area contributed by atoms with Crippen LogP contribution in [0.25, 0.3) is 11.0 Å². The van der Waals surface area contributed by atoms with Gasteiger partial charge in [-0.25, -0.2) is 4.98 Å². The molecule has 0 bridgehead atoms. The minimum absolute atomic E-state index is 0.0628. The van der Waals surface area contributed by atoms with Crippen molar-refractivity contribution in [3.05, 3.63) is 89.2 Å². The first-order chi connectivity index (χ1) is 18.5. The van der Waals surface area contributed by atoms with Crippen molar-refractivity contribution >= 4 is 16.9 Å². The van der Waals surface area contributed by atoms with Gasteiger partial charge >= 0.3 is 0 Å². The van der Waals surface area contributed by atoms with Crippen molar-refractivity contribution in [2.24, 2.45) is 0 Å². The summed E-state index contributed by atoms with van der Waals surface area (Å²) in [6.45, 7) is 6.54. The predicted molar refractivity (Wildman–Crippen MR) is 153 cm³/mol. The van der Waals surface area contributed by atoms with Gasteiger partial charge in [-0.15, -0.1) is 0 Å². The van der Waals surface area contributed by atoms with Crippen LogP contribution in [0.3, 0.4) is 0 Å². The summed E-state index contributed by atoms with van der Waals surface area (Å²) in [6, 6.07) is 21.9. The monoisotopic (exact) mass is 513 g/mol. The van der Waals surface area contributed by atoms with Gasteiger partial charge in [-0.1, -0.05) is 30.7 Å². The summed E-state index contributed by atoms with van der Waals surface area (Å²) >= 11 is 0. The number of imidazole rings is 1. The first kappa shape index (κ1) is 27.2. The molecule has 0 aliphatic carbocycles. The van der Waals surface area contributed by atoms with Gasteiger partial charge in [0.1, 0.15) is 17.3 Å². The molecule has 0 spiro atoms. The lowest BCUT2D eigenvalue weighted by Gasteiger charge is -2.11. The summed E-state index contributed by atoms with van der Waals surface area (Å²) in [5.41, 5.74) is 5.42. The van der Waals surface area contributed by atoms with Gasteiger partial charge < -0.3 is 19.4 Å². The van der Waals surface area contributed by atoms with E-state index in [-0.39, 0.29) is 5.91 Å². The molecule has 0 radical (unpaired) electrons. The van der Waals surface area contributed by atoms with Crippen molar-refractivity contribution in [1.29, 1.82) is 0 Å². The lowest BCUT2D eigenvalue weighted by atomic mass is 10.1. The number of nitrogens with zero attached hydrogens (tertiary/aromatic N) is 2. The van der Waals surface area contributed by atoms with Crippen LogP contribution in [0.5, 0.6) is 11.5 Å². The van der Waals surface area contributed by atoms with Crippen molar-refractivity contribution in [2.75, 3.05) is 20.3 Å². The zero-order valence-electron chi connectivity index (χ0n) is 22.8. The van der Waals surface area contributed by atoms with Crippen LogP contribution in [-0.2, 0) is 13.0 Å². The zero-order valence-corrected chi connectivity index (χ0v) is 22.8. The smallest absolute Gasteiger partial charge is 0.251 e. The number of aromatic nitrogens is 2. The number of ether oxygens (including phenoxy) is 2. The number of para-hydroxylation sites is 2. The molecule has 6 heteroatoms. The second kappa shape index (κ2) is 13.7. The number of nitrogens with one attached hydrogen (secondary N) is 1. The maximum absolute atomic E-state index is 12.4. The highest BCUT2D eigenvalue weighted by Gasteiger charge is 2.11. The summed E-state index contributed by atoms with van der Waals surface area (Å²) in [7, 11) is 1.60. The number of benzene rings is 3. The number of hydrogen-bond donors (Lipinski definition) is 1. The van der Waals surface area contributed by atoms with Gasteiger partial charge in [-0.2, -0.15) is 0 Å². The predicted octanol–water partition coefficient (Wildman–Crippen LogP) is 6.66. The standard InChI is InChI=1S/C32H39N3O3/c1-24-17-18-28(22-25(24)2)38-21-10-9-20-35-30-15-7-6-14-29(30)34-31(35)16-5-4-8-19-33-32(36)26-12-11-13-27(23-26)37-3/h6-7,11-15,17-18,22-23H,4-5,8-10,16,19-21H2,1-3H3,(H,33,36). The van der Waals surface area contributed by atoms with Crippen molar-refractivity contribution < 1.29 is 14.3 Å². The van der Waals surface area contributed by atoms with E-state index in [0.29, 0.717) is 24.5 Å². The average Bonchev–Trinajstić information content (AvgIpc) is 3.29. The van der Waals surface area contributed by atoms with Crippen LogP contribution in [0.4, 0.5) is 0 Å². The number of aryl methyl sites for hydroxylation is 4. The SMILES string of the molecule is COc1cccc(C(=O)NCCCCCc2nc3ccccc3n2CCCCOc2ccc(C)c(C)c2)c1. The molecule has 0 atom stereocenters. The largest absolute Gasteiger partial charge is 0.497 e. The highest BCUT2D eigenvalue weighted by Crippen LogP contribution is 2.20.